The van der Waals surface area contributed by atoms with Crippen LogP contribution in [0.15, 0.2) is 24.3 Å². The summed E-state index contributed by atoms with van der Waals surface area (Å²) in [5.74, 6) is -0.887. The lowest BCUT2D eigenvalue weighted by molar-refractivity contribution is 0.0166. The number of β-amino-alcohol motifs (C(OH)–C–C–N with tert-alkyl or cyclic N) is 1. The van der Waals surface area contributed by atoms with Crippen molar-refractivity contribution in [2.24, 2.45) is 0 Å². The third-order valence-electron chi connectivity index (χ3n) is 3.68. The molecule has 0 aliphatic carbocycles. The number of rotatable bonds is 5. The van der Waals surface area contributed by atoms with Gasteiger partial charge in [0.25, 0.3) is 0 Å². The van der Waals surface area contributed by atoms with Crippen LogP contribution in [0.4, 0.5) is 0 Å². The average molecular weight is 292 g/mol. The summed E-state index contributed by atoms with van der Waals surface area (Å²) in [7, 11) is 0. The highest BCUT2D eigenvalue weighted by Gasteiger charge is 2.22. The third-order valence-corrected chi connectivity index (χ3v) is 3.68. The molecule has 116 valence electrons. The van der Waals surface area contributed by atoms with Gasteiger partial charge in [0.15, 0.2) is 0 Å². The molecule has 2 N–H and O–H groups in total. The molecular formula is C16H24N2O3. The molecule has 1 heterocycles. The molecule has 0 bridgehead atoms. The zero-order valence-electron chi connectivity index (χ0n) is 12.7. The Morgan fingerprint density at radius 1 is 1.10 bits per heavy atom. The van der Waals surface area contributed by atoms with Gasteiger partial charge in [0.2, 0.25) is 0 Å². The van der Waals surface area contributed by atoms with Gasteiger partial charge in [-0.3, -0.25) is 9.80 Å². The maximum Gasteiger partial charge on any atom is 0.335 e. The van der Waals surface area contributed by atoms with Crippen molar-refractivity contribution in [3.63, 3.8) is 0 Å². The van der Waals surface area contributed by atoms with Crippen molar-refractivity contribution in [2.75, 3.05) is 32.7 Å². The van der Waals surface area contributed by atoms with Gasteiger partial charge in [-0.05, 0) is 31.5 Å². The van der Waals surface area contributed by atoms with Crippen LogP contribution in [0.1, 0.15) is 29.8 Å². The van der Waals surface area contributed by atoms with Crippen molar-refractivity contribution in [1.82, 2.24) is 9.80 Å². The van der Waals surface area contributed by atoms with E-state index in [4.69, 9.17) is 5.11 Å². The predicted octanol–water partition coefficient (Wildman–Crippen LogP) is 1.27. The van der Waals surface area contributed by atoms with Crippen LogP contribution in [-0.4, -0.2) is 64.3 Å². The van der Waals surface area contributed by atoms with Crippen LogP contribution in [0, 0.1) is 0 Å². The maximum atomic E-state index is 10.8. The molecule has 2 rings (SSSR count). The van der Waals surface area contributed by atoms with Gasteiger partial charge in [0.05, 0.1) is 11.2 Å². The van der Waals surface area contributed by atoms with Crippen molar-refractivity contribution >= 4 is 5.97 Å². The first-order valence-electron chi connectivity index (χ1n) is 7.33. The van der Waals surface area contributed by atoms with E-state index in [1.54, 1.807) is 12.1 Å². The lowest BCUT2D eigenvalue weighted by Gasteiger charge is -2.37. The molecule has 1 aromatic rings. The minimum atomic E-state index is -0.887. The highest BCUT2D eigenvalue weighted by Crippen LogP contribution is 2.12. The Bertz CT molecular complexity index is 471. The van der Waals surface area contributed by atoms with Gasteiger partial charge in [0.1, 0.15) is 0 Å². The smallest absolute Gasteiger partial charge is 0.335 e. The van der Waals surface area contributed by atoms with E-state index in [9.17, 15) is 9.90 Å². The number of carboxylic acids is 1. The summed E-state index contributed by atoms with van der Waals surface area (Å²) in [6.45, 7) is 9.07. The number of carbonyl (C=O) groups is 1. The molecule has 5 heteroatoms. The Hall–Kier alpha value is -1.43. The summed E-state index contributed by atoms with van der Waals surface area (Å²) in [6.07, 6.45) is 0. The van der Waals surface area contributed by atoms with Crippen LogP contribution in [-0.2, 0) is 6.54 Å². The lowest BCUT2D eigenvalue weighted by atomic mass is 10.1. The summed E-state index contributed by atoms with van der Waals surface area (Å²) in [5, 5.41) is 18.7. The summed E-state index contributed by atoms with van der Waals surface area (Å²) in [4.78, 5) is 15.5. The van der Waals surface area contributed by atoms with Crippen LogP contribution < -0.4 is 0 Å². The van der Waals surface area contributed by atoms with E-state index in [1.165, 1.54) is 0 Å². The van der Waals surface area contributed by atoms with Gasteiger partial charge >= 0.3 is 5.97 Å². The second-order valence-electron chi connectivity index (χ2n) is 6.37. The van der Waals surface area contributed by atoms with Crippen LogP contribution in [0.5, 0.6) is 0 Å². The number of carboxylic acid groups (broad SMARTS) is 1. The van der Waals surface area contributed by atoms with E-state index >= 15 is 0 Å². The number of aromatic carboxylic acids is 1. The van der Waals surface area contributed by atoms with Crippen LogP contribution in [0.25, 0.3) is 0 Å². The molecule has 0 aromatic heterocycles. The Morgan fingerprint density at radius 2 is 1.62 bits per heavy atom. The fourth-order valence-electron chi connectivity index (χ4n) is 2.66. The first kappa shape index (κ1) is 15.9. The second kappa shape index (κ2) is 6.56. The number of aliphatic hydroxyl groups is 1. The summed E-state index contributed by atoms with van der Waals surface area (Å²) in [5.41, 5.74) is 0.819. The van der Waals surface area contributed by atoms with Gasteiger partial charge in [-0.2, -0.15) is 0 Å². The highest BCUT2D eigenvalue weighted by atomic mass is 16.4. The Balaban J connectivity index is 1.82. The van der Waals surface area contributed by atoms with Gasteiger partial charge in [-0.15, -0.1) is 0 Å². The van der Waals surface area contributed by atoms with E-state index in [-0.39, 0.29) is 0 Å². The number of hydrogen-bond donors (Lipinski definition) is 2. The maximum absolute atomic E-state index is 10.8. The minimum Gasteiger partial charge on any atom is -0.478 e. The summed E-state index contributed by atoms with van der Waals surface area (Å²) in [6, 6.07) is 7.07. The number of hydrogen-bond acceptors (Lipinski definition) is 4. The van der Waals surface area contributed by atoms with Crippen molar-refractivity contribution in [1.29, 1.82) is 0 Å². The molecule has 0 spiro atoms. The topological polar surface area (TPSA) is 64.0 Å². The first-order valence-corrected chi connectivity index (χ1v) is 7.33. The van der Waals surface area contributed by atoms with Crippen LogP contribution in [0.3, 0.4) is 0 Å². The van der Waals surface area contributed by atoms with Gasteiger partial charge in [-0.1, -0.05) is 12.1 Å². The standard InChI is InChI=1S/C16H24N2O3/c1-16(2,21)12-18-9-7-17(8-10-18)11-13-3-5-14(6-4-13)15(19)20/h3-6,21H,7-12H2,1-2H3,(H,19,20). The second-order valence-corrected chi connectivity index (χ2v) is 6.37. The summed E-state index contributed by atoms with van der Waals surface area (Å²) < 4.78 is 0. The lowest BCUT2D eigenvalue weighted by Crippen LogP contribution is -2.50. The molecular weight excluding hydrogens is 268 g/mol. The van der Waals surface area contributed by atoms with E-state index in [1.807, 2.05) is 26.0 Å². The fourth-order valence-corrected chi connectivity index (χ4v) is 2.66. The van der Waals surface area contributed by atoms with Crippen molar-refractivity contribution in [3.05, 3.63) is 35.4 Å². The highest BCUT2D eigenvalue weighted by molar-refractivity contribution is 5.87. The largest absolute Gasteiger partial charge is 0.478 e. The van der Waals surface area contributed by atoms with Gasteiger partial charge in [0, 0.05) is 39.3 Å². The van der Waals surface area contributed by atoms with E-state index in [0.29, 0.717) is 12.1 Å². The molecule has 0 atom stereocenters. The molecule has 1 aliphatic heterocycles. The molecule has 0 radical (unpaired) electrons. The van der Waals surface area contributed by atoms with Crippen LogP contribution >= 0.6 is 0 Å². The van der Waals surface area contributed by atoms with Crippen molar-refractivity contribution in [2.45, 2.75) is 26.0 Å². The minimum absolute atomic E-state index is 0.328. The number of piperazine rings is 1. The Morgan fingerprint density at radius 3 is 2.10 bits per heavy atom. The molecule has 0 saturated carbocycles. The molecule has 1 aliphatic rings. The van der Waals surface area contributed by atoms with Crippen molar-refractivity contribution in [3.8, 4) is 0 Å². The SMILES string of the molecule is CC(C)(O)CN1CCN(Cc2ccc(C(=O)O)cc2)CC1. The van der Waals surface area contributed by atoms with E-state index < -0.39 is 11.6 Å². The number of nitrogens with zero attached hydrogens (tertiary/aromatic N) is 2. The zero-order valence-corrected chi connectivity index (χ0v) is 12.7. The van der Waals surface area contributed by atoms with Crippen molar-refractivity contribution < 1.29 is 15.0 Å². The monoisotopic (exact) mass is 292 g/mol. The third kappa shape index (κ3) is 5.12. The molecule has 5 nitrogen and oxygen atoms in total. The van der Waals surface area contributed by atoms with E-state index in [2.05, 4.69) is 9.80 Å². The predicted molar refractivity (Wildman–Crippen MR) is 81.4 cm³/mol. The fraction of sp³-hybridized carbons (Fsp3) is 0.562. The Labute approximate surface area is 125 Å². The Kier molecular flexibility index (Phi) is 4.98. The molecule has 0 amide bonds. The van der Waals surface area contributed by atoms with Crippen LogP contribution in [0.2, 0.25) is 0 Å². The molecule has 0 unspecified atom stereocenters. The van der Waals surface area contributed by atoms with Gasteiger partial charge < -0.3 is 10.2 Å². The quantitative estimate of drug-likeness (QED) is 0.856. The van der Waals surface area contributed by atoms with E-state index in [0.717, 1.165) is 38.3 Å². The normalized spacial score (nSPS) is 17.9. The molecule has 1 fully saturated rings. The molecule has 21 heavy (non-hydrogen) atoms. The zero-order chi connectivity index (χ0) is 15.5. The average Bonchev–Trinajstić information content (AvgIpc) is 2.40. The summed E-state index contributed by atoms with van der Waals surface area (Å²) >= 11 is 0. The molecule has 1 saturated heterocycles. The number of benzene rings is 1. The first-order chi connectivity index (χ1) is 9.83. The molecule has 1 aromatic carbocycles. The van der Waals surface area contributed by atoms with Gasteiger partial charge in [-0.25, -0.2) is 4.79 Å².